The van der Waals surface area contributed by atoms with Crippen molar-refractivity contribution in [2.24, 2.45) is 10.5 Å². The maximum Gasteiger partial charge on any atom is 0.271 e. The number of nitrogens with zero attached hydrogens (tertiary/aromatic N) is 3. The summed E-state index contributed by atoms with van der Waals surface area (Å²) < 4.78 is 29.0. The number of thiophene rings is 1. The van der Waals surface area contributed by atoms with Crippen molar-refractivity contribution in [1.29, 1.82) is 0 Å². The molecule has 0 saturated carbocycles. The first-order valence-corrected chi connectivity index (χ1v) is 28.3. The highest BCUT2D eigenvalue weighted by atomic mass is 32.1. The van der Waals surface area contributed by atoms with Gasteiger partial charge < -0.3 is 54.5 Å². The fourth-order valence-corrected chi connectivity index (χ4v) is 11.2. The Balaban J connectivity index is 0.657. The Hall–Kier alpha value is -7.56. The molecule has 2 aromatic heterocycles. The normalized spacial score (nSPS) is 15.2. The molecule has 426 valence electrons. The molecule has 4 unspecified atom stereocenters. The van der Waals surface area contributed by atoms with Gasteiger partial charge in [0.05, 0.1) is 80.7 Å². The molecule has 8 rings (SSSR count). The molecule has 0 radical (unpaired) electrons. The highest BCUT2D eigenvalue weighted by molar-refractivity contribution is 7.23. The molecule has 1 aliphatic heterocycles. The van der Waals surface area contributed by atoms with Gasteiger partial charge in [0.15, 0.2) is 0 Å². The van der Waals surface area contributed by atoms with Crippen molar-refractivity contribution in [1.82, 2.24) is 25.9 Å². The molecule has 1 fully saturated rings. The molecule has 1 saturated heterocycles. The number of hydrazone groups is 1. The molecule has 1 aliphatic rings. The zero-order chi connectivity index (χ0) is 57.5. The number of phenols is 2. The van der Waals surface area contributed by atoms with E-state index < -0.39 is 35.4 Å². The van der Waals surface area contributed by atoms with Crippen LogP contribution in [0.2, 0.25) is 0 Å². The van der Waals surface area contributed by atoms with E-state index in [1.165, 1.54) is 4.90 Å². The lowest BCUT2D eigenvalue weighted by molar-refractivity contribution is -0.144. The predicted octanol–water partition coefficient (Wildman–Crippen LogP) is 8.66. The monoisotopic (exact) mass is 1140 g/mol. The fourth-order valence-electron chi connectivity index (χ4n) is 9.12. The van der Waals surface area contributed by atoms with Crippen molar-refractivity contribution < 1.29 is 58.2 Å². The molecule has 3 heterocycles. The molecular formula is C61H68N6O12S2. The van der Waals surface area contributed by atoms with Crippen LogP contribution in [0, 0.1) is 12.3 Å². The molecule has 20 heteroatoms. The number of aromatic hydroxyl groups is 2. The molecule has 5 aromatic carbocycles. The number of likely N-dealkylation sites (tertiary alicyclic amines) is 1. The molecule has 0 bridgehead atoms. The Morgan fingerprint density at radius 1 is 0.753 bits per heavy atom. The molecule has 0 aliphatic carbocycles. The van der Waals surface area contributed by atoms with Gasteiger partial charge in [-0.2, -0.15) is 5.10 Å². The van der Waals surface area contributed by atoms with E-state index in [9.17, 15) is 34.5 Å². The number of hydrogen-bond acceptors (Lipinski definition) is 16. The number of aliphatic hydroxyl groups is 1. The van der Waals surface area contributed by atoms with Crippen molar-refractivity contribution in [2.75, 3.05) is 66.0 Å². The van der Waals surface area contributed by atoms with Crippen LogP contribution in [0.3, 0.4) is 0 Å². The van der Waals surface area contributed by atoms with Gasteiger partial charge in [-0.25, -0.2) is 10.4 Å². The molecule has 4 amide bonds. The Morgan fingerprint density at radius 2 is 1.36 bits per heavy atom. The standard InChI is InChI=1S/C61H68N6O12S2/c1-38(41-8-12-43(13-9-41)55-39(2)62-37-80-55)64-59(73)51-32-48(70)35-67(51)60(74)57(61(3,4)5)65-53(71)36-78-29-28-76-25-24-75-26-27-77-30-31-79-49-21-6-40(7-22-49)34-63-66-58(72)45-14-10-42(11-15-45)54-50-23-20-47(69)33-52(50)81-56(54)44-16-18-46(68)19-17-44/h6-23,33-34,37-38,48,51,57,68-70H,24-32,35-36H2,1-5H3,(H,64,73)(H,65,71)(H,66,72). The summed E-state index contributed by atoms with van der Waals surface area (Å²) in [6.07, 6.45) is 0.735. The summed E-state index contributed by atoms with van der Waals surface area (Å²) in [5.41, 5.74) is 10.6. The van der Waals surface area contributed by atoms with Gasteiger partial charge in [-0.15, -0.1) is 22.7 Å². The van der Waals surface area contributed by atoms with Crippen molar-refractivity contribution in [3.63, 3.8) is 0 Å². The van der Waals surface area contributed by atoms with Crippen molar-refractivity contribution in [3.8, 4) is 49.3 Å². The van der Waals surface area contributed by atoms with Crippen LogP contribution in [0.1, 0.15) is 67.3 Å². The van der Waals surface area contributed by atoms with Crippen LogP contribution in [-0.2, 0) is 33.3 Å². The maximum absolute atomic E-state index is 14.0. The minimum atomic E-state index is -0.984. The quantitative estimate of drug-likeness (QED) is 0.0169. The maximum atomic E-state index is 14.0. The number of ether oxygens (including phenoxy) is 5. The summed E-state index contributed by atoms with van der Waals surface area (Å²) in [4.78, 5) is 61.4. The van der Waals surface area contributed by atoms with E-state index >= 15 is 0 Å². The van der Waals surface area contributed by atoms with Crippen LogP contribution in [0.5, 0.6) is 17.2 Å². The SMILES string of the molecule is Cc1ncsc1-c1ccc(C(C)NC(=O)C2CC(O)CN2C(=O)C(NC(=O)COCCOCCOCCOCCOc2ccc(C=NNC(=O)c3ccc(-c4c(-c5ccc(O)cc5)sc5cc(O)ccc45)cc3)cc2)C(C)(C)C)cc1. The first-order chi connectivity index (χ1) is 39.0. The number of aromatic nitrogens is 1. The molecule has 0 spiro atoms. The van der Waals surface area contributed by atoms with Crippen LogP contribution in [0.25, 0.3) is 42.1 Å². The van der Waals surface area contributed by atoms with Crippen molar-refractivity contribution in [2.45, 2.75) is 65.3 Å². The lowest BCUT2D eigenvalue weighted by Crippen LogP contribution is -2.58. The highest BCUT2D eigenvalue weighted by Crippen LogP contribution is 2.46. The van der Waals surface area contributed by atoms with Gasteiger partial charge in [0.2, 0.25) is 17.7 Å². The number of aliphatic hydroxyl groups excluding tert-OH is 1. The van der Waals surface area contributed by atoms with E-state index in [2.05, 4.69) is 26.1 Å². The van der Waals surface area contributed by atoms with Gasteiger partial charge in [0, 0.05) is 39.1 Å². The Labute approximate surface area is 478 Å². The van der Waals surface area contributed by atoms with Crippen molar-refractivity contribution >= 4 is 62.6 Å². The van der Waals surface area contributed by atoms with Crippen LogP contribution in [0.4, 0.5) is 0 Å². The average molecular weight is 1140 g/mol. The molecule has 6 N–H and O–H groups in total. The Bertz CT molecular complexity index is 3250. The lowest BCUT2D eigenvalue weighted by atomic mass is 9.85. The van der Waals surface area contributed by atoms with E-state index in [1.807, 2.05) is 107 Å². The number of phenolic OH excluding ortho intramolecular Hbond substituents is 2. The third-order valence-corrected chi connectivity index (χ3v) is 15.6. The zero-order valence-corrected chi connectivity index (χ0v) is 47.5. The predicted molar refractivity (Wildman–Crippen MR) is 313 cm³/mol. The van der Waals surface area contributed by atoms with Crippen LogP contribution < -0.4 is 20.8 Å². The summed E-state index contributed by atoms with van der Waals surface area (Å²) in [6, 6.07) is 32.4. The topological polar surface area (TPSA) is 240 Å². The third kappa shape index (κ3) is 16.3. The second-order valence-corrected chi connectivity index (χ2v) is 22.4. The number of carbonyl (C=O) groups excluding carboxylic acids is 4. The summed E-state index contributed by atoms with van der Waals surface area (Å²) in [6.45, 7) is 11.4. The number of aryl methyl sites for hydroxylation is 1. The van der Waals surface area contributed by atoms with Gasteiger partial charge in [-0.3, -0.25) is 19.2 Å². The van der Waals surface area contributed by atoms with E-state index in [1.54, 1.807) is 77.4 Å². The van der Waals surface area contributed by atoms with E-state index in [0.717, 1.165) is 58.9 Å². The van der Waals surface area contributed by atoms with Gasteiger partial charge in [-0.05, 0) is 126 Å². The minimum absolute atomic E-state index is 0.0320. The minimum Gasteiger partial charge on any atom is -0.508 e. The highest BCUT2D eigenvalue weighted by Gasteiger charge is 2.44. The second kappa shape index (κ2) is 28.2. The number of β-amino-alcohol motifs (C(OH)–C–C–N with tert-alkyl or cyclic N) is 1. The number of rotatable bonds is 26. The summed E-state index contributed by atoms with van der Waals surface area (Å²) in [5, 5.41) is 41.5. The molecular weight excluding hydrogens is 1070 g/mol. The number of amides is 4. The van der Waals surface area contributed by atoms with E-state index in [4.69, 9.17) is 23.7 Å². The first kappa shape index (κ1) is 59.6. The number of hydrogen-bond donors (Lipinski definition) is 6. The van der Waals surface area contributed by atoms with Gasteiger partial charge in [0.1, 0.15) is 42.5 Å². The summed E-state index contributed by atoms with van der Waals surface area (Å²) in [5.74, 6) is -0.706. The number of fused-ring (bicyclic) bond motifs is 1. The van der Waals surface area contributed by atoms with Crippen LogP contribution in [0.15, 0.2) is 126 Å². The molecule has 4 atom stereocenters. The van der Waals surface area contributed by atoms with Crippen LogP contribution >= 0.6 is 22.7 Å². The largest absolute Gasteiger partial charge is 0.508 e. The number of benzene rings is 5. The zero-order valence-electron chi connectivity index (χ0n) is 45.9. The van der Waals surface area contributed by atoms with Gasteiger partial charge >= 0.3 is 0 Å². The molecule has 81 heavy (non-hydrogen) atoms. The number of thiazole rings is 1. The summed E-state index contributed by atoms with van der Waals surface area (Å²) >= 11 is 3.11. The second-order valence-electron chi connectivity index (χ2n) is 20.5. The first-order valence-electron chi connectivity index (χ1n) is 26.6. The molecule has 18 nitrogen and oxygen atoms in total. The number of nitrogens with one attached hydrogen (secondary N) is 3. The molecule has 7 aromatic rings. The summed E-state index contributed by atoms with van der Waals surface area (Å²) in [7, 11) is 0. The van der Waals surface area contributed by atoms with E-state index in [0.29, 0.717) is 51.0 Å². The van der Waals surface area contributed by atoms with Gasteiger partial charge in [0.25, 0.3) is 5.91 Å². The van der Waals surface area contributed by atoms with E-state index in [-0.39, 0.29) is 62.1 Å². The fraction of sp³-hybridized carbons (Fsp3) is 0.344. The van der Waals surface area contributed by atoms with Crippen LogP contribution in [-0.4, -0.2) is 139 Å². The smallest absolute Gasteiger partial charge is 0.271 e. The number of carbonyl (C=O) groups is 4. The average Bonchev–Trinajstić information content (AvgIpc) is 4.22. The Morgan fingerprint density at radius 3 is 2.00 bits per heavy atom. The van der Waals surface area contributed by atoms with Gasteiger partial charge in [-0.1, -0.05) is 57.2 Å². The Kier molecular flexibility index (Phi) is 20.8. The van der Waals surface area contributed by atoms with Crippen molar-refractivity contribution in [3.05, 3.63) is 143 Å². The third-order valence-electron chi connectivity index (χ3n) is 13.4. The lowest BCUT2D eigenvalue weighted by Gasteiger charge is -2.35.